The van der Waals surface area contributed by atoms with E-state index in [2.05, 4.69) is 11.1 Å². The summed E-state index contributed by atoms with van der Waals surface area (Å²) in [6.07, 6.45) is 0. The van der Waals surface area contributed by atoms with Gasteiger partial charge in [0.1, 0.15) is 6.54 Å². The van der Waals surface area contributed by atoms with E-state index in [1.165, 1.54) is 4.57 Å². The quantitative estimate of drug-likeness (QED) is 0.468. The second kappa shape index (κ2) is 7.26. The third-order valence-electron chi connectivity index (χ3n) is 5.70. The summed E-state index contributed by atoms with van der Waals surface area (Å²) in [6.45, 7) is 9.33. The summed E-state index contributed by atoms with van der Waals surface area (Å²) in [4.78, 5) is 42.8. The van der Waals surface area contributed by atoms with Crippen LogP contribution >= 0.6 is 0 Å². The minimum absolute atomic E-state index is 0.171. The standard InChI is InChI=1S/C22H25N5O4/c1-7-31-17(28)11-25-20(29)18-19(24(6)22(25)30)23-21-26(14(4)15(5)27(18)21)16-9-8-12(2)10-13(16)3/h8-10H,7,11H2,1-6H3. The van der Waals surface area contributed by atoms with Gasteiger partial charge in [0.05, 0.1) is 12.3 Å². The van der Waals surface area contributed by atoms with Crippen LogP contribution in [0.2, 0.25) is 0 Å². The predicted molar refractivity (Wildman–Crippen MR) is 117 cm³/mol. The van der Waals surface area contributed by atoms with Crippen LogP contribution in [-0.2, 0) is 23.1 Å². The number of rotatable bonds is 4. The normalized spacial score (nSPS) is 11.5. The highest BCUT2D eigenvalue weighted by atomic mass is 16.5. The zero-order valence-electron chi connectivity index (χ0n) is 18.5. The van der Waals surface area contributed by atoms with Gasteiger partial charge in [-0.15, -0.1) is 0 Å². The van der Waals surface area contributed by atoms with Crippen molar-refractivity contribution in [2.45, 2.75) is 41.2 Å². The molecule has 4 rings (SSSR count). The van der Waals surface area contributed by atoms with Gasteiger partial charge in [0.2, 0.25) is 5.78 Å². The van der Waals surface area contributed by atoms with Gasteiger partial charge in [0.15, 0.2) is 11.2 Å². The molecule has 3 aromatic heterocycles. The van der Waals surface area contributed by atoms with Gasteiger partial charge in [0, 0.05) is 18.4 Å². The van der Waals surface area contributed by atoms with Crippen molar-refractivity contribution in [1.29, 1.82) is 0 Å². The van der Waals surface area contributed by atoms with Crippen LogP contribution < -0.4 is 11.2 Å². The second-order valence-electron chi connectivity index (χ2n) is 7.75. The molecule has 0 bridgehead atoms. The summed E-state index contributed by atoms with van der Waals surface area (Å²) in [5, 5.41) is 0. The van der Waals surface area contributed by atoms with Crippen molar-refractivity contribution in [2.75, 3.05) is 6.61 Å². The number of fused-ring (bicyclic) bond motifs is 3. The molecule has 0 fully saturated rings. The van der Waals surface area contributed by atoms with E-state index in [1.807, 2.05) is 44.4 Å². The Labute approximate surface area is 178 Å². The average Bonchev–Trinajstić information content (AvgIpc) is 3.21. The van der Waals surface area contributed by atoms with E-state index >= 15 is 0 Å². The predicted octanol–water partition coefficient (Wildman–Crippen LogP) is 1.94. The van der Waals surface area contributed by atoms with Crippen LogP contribution in [0, 0.1) is 27.7 Å². The highest BCUT2D eigenvalue weighted by Crippen LogP contribution is 2.26. The number of aromatic nitrogens is 5. The molecule has 4 aromatic rings. The molecule has 9 heteroatoms. The van der Waals surface area contributed by atoms with E-state index in [-0.39, 0.29) is 17.8 Å². The van der Waals surface area contributed by atoms with E-state index < -0.39 is 23.8 Å². The molecule has 0 atom stereocenters. The molecule has 0 aliphatic heterocycles. The summed E-state index contributed by atoms with van der Waals surface area (Å²) in [5.74, 6) is -0.0968. The highest BCUT2D eigenvalue weighted by molar-refractivity contribution is 5.78. The van der Waals surface area contributed by atoms with E-state index in [4.69, 9.17) is 4.74 Å². The largest absolute Gasteiger partial charge is 0.465 e. The number of aryl methyl sites for hydroxylation is 4. The van der Waals surface area contributed by atoms with Crippen molar-refractivity contribution in [3.8, 4) is 5.69 Å². The Morgan fingerprint density at radius 1 is 1.10 bits per heavy atom. The Kier molecular flexibility index (Phi) is 4.83. The van der Waals surface area contributed by atoms with Gasteiger partial charge < -0.3 is 4.74 Å². The maximum absolute atomic E-state index is 13.3. The Morgan fingerprint density at radius 2 is 1.81 bits per heavy atom. The van der Waals surface area contributed by atoms with Gasteiger partial charge in [-0.25, -0.2) is 9.36 Å². The minimum Gasteiger partial charge on any atom is -0.465 e. The molecule has 0 aliphatic rings. The number of ether oxygens (including phenoxy) is 1. The van der Waals surface area contributed by atoms with E-state index in [0.29, 0.717) is 5.78 Å². The minimum atomic E-state index is -0.637. The van der Waals surface area contributed by atoms with Gasteiger partial charge in [0.25, 0.3) is 5.56 Å². The van der Waals surface area contributed by atoms with Gasteiger partial charge in [-0.05, 0) is 46.2 Å². The van der Waals surface area contributed by atoms with Crippen molar-refractivity contribution in [2.24, 2.45) is 7.05 Å². The number of benzene rings is 1. The SMILES string of the molecule is CCOC(=O)Cn1c(=O)c2c(nc3n(-c4ccc(C)cc4C)c(C)c(C)n23)n(C)c1=O. The number of carbonyl (C=O) groups is 1. The third-order valence-corrected chi connectivity index (χ3v) is 5.70. The fourth-order valence-electron chi connectivity index (χ4n) is 4.07. The fourth-order valence-corrected chi connectivity index (χ4v) is 4.07. The molecule has 0 spiro atoms. The lowest BCUT2D eigenvalue weighted by atomic mass is 10.1. The fraction of sp³-hybridized carbons (Fsp3) is 0.364. The van der Waals surface area contributed by atoms with Gasteiger partial charge in [-0.1, -0.05) is 17.7 Å². The molecule has 162 valence electrons. The van der Waals surface area contributed by atoms with Crippen LogP contribution in [0.1, 0.15) is 29.4 Å². The smallest absolute Gasteiger partial charge is 0.333 e. The number of nitrogens with zero attached hydrogens (tertiary/aromatic N) is 5. The number of carbonyl (C=O) groups excluding carboxylic acids is 1. The zero-order valence-corrected chi connectivity index (χ0v) is 18.5. The first kappa shape index (κ1) is 20.6. The number of hydrogen-bond donors (Lipinski definition) is 0. The molecule has 3 heterocycles. The van der Waals surface area contributed by atoms with Crippen LogP contribution in [0.15, 0.2) is 27.8 Å². The summed E-state index contributed by atoms with van der Waals surface area (Å²) in [5.41, 5.74) is 4.28. The molecular formula is C22H25N5O4. The van der Waals surface area contributed by atoms with Gasteiger partial charge in [-0.2, -0.15) is 4.98 Å². The summed E-state index contributed by atoms with van der Waals surface area (Å²) in [7, 11) is 1.54. The molecule has 0 saturated heterocycles. The van der Waals surface area contributed by atoms with E-state index in [0.717, 1.165) is 32.8 Å². The number of esters is 1. The molecule has 9 nitrogen and oxygen atoms in total. The molecule has 0 amide bonds. The van der Waals surface area contributed by atoms with E-state index in [9.17, 15) is 14.4 Å². The molecule has 1 aromatic carbocycles. The highest BCUT2D eigenvalue weighted by Gasteiger charge is 2.24. The lowest BCUT2D eigenvalue weighted by molar-refractivity contribution is -0.143. The summed E-state index contributed by atoms with van der Waals surface area (Å²) < 4.78 is 10.9. The van der Waals surface area contributed by atoms with Crippen molar-refractivity contribution < 1.29 is 9.53 Å². The lowest BCUT2D eigenvalue weighted by Gasteiger charge is -2.10. The number of hydrogen-bond acceptors (Lipinski definition) is 5. The van der Waals surface area contributed by atoms with Crippen LogP contribution in [0.4, 0.5) is 0 Å². The second-order valence-corrected chi connectivity index (χ2v) is 7.75. The molecule has 0 N–H and O–H groups in total. The molecule has 31 heavy (non-hydrogen) atoms. The molecule has 0 aliphatic carbocycles. The number of imidazole rings is 2. The molecule has 0 radical (unpaired) electrons. The van der Waals surface area contributed by atoms with Crippen LogP contribution in [0.3, 0.4) is 0 Å². The summed E-state index contributed by atoms with van der Waals surface area (Å²) >= 11 is 0. The Bertz CT molecular complexity index is 1480. The monoisotopic (exact) mass is 423 g/mol. The average molecular weight is 423 g/mol. The maximum Gasteiger partial charge on any atom is 0.333 e. The lowest BCUT2D eigenvalue weighted by Crippen LogP contribution is -2.41. The Balaban J connectivity index is 2.10. The topological polar surface area (TPSA) is 92.5 Å². The maximum atomic E-state index is 13.3. The van der Waals surface area contributed by atoms with E-state index in [1.54, 1.807) is 18.4 Å². The van der Waals surface area contributed by atoms with Crippen LogP contribution in [0.25, 0.3) is 22.6 Å². The van der Waals surface area contributed by atoms with Crippen molar-refractivity contribution in [1.82, 2.24) is 23.1 Å². The van der Waals surface area contributed by atoms with Gasteiger partial charge >= 0.3 is 11.7 Å². The molecule has 0 unspecified atom stereocenters. The van der Waals surface area contributed by atoms with Crippen molar-refractivity contribution >= 4 is 22.9 Å². The van der Waals surface area contributed by atoms with Crippen LogP contribution in [0.5, 0.6) is 0 Å². The zero-order chi connectivity index (χ0) is 22.6. The van der Waals surface area contributed by atoms with Gasteiger partial charge in [-0.3, -0.25) is 23.1 Å². The summed E-state index contributed by atoms with van der Waals surface area (Å²) in [6, 6.07) is 6.14. The first-order chi connectivity index (χ1) is 14.7. The molecular weight excluding hydrogens is 398 g/mol. The Morgan fingerprint density at radius 3 is 2.45 bits per heavy atom. The van der Waals surface area contributed by atoms with Crippen LogP contribution in [-0.4, -0.2) is 35.7 Å². The van der Waals surface area contributed by atoms with Crippen molar-refractivity contribution in [3.63, 3.8) is 0 Å². The Hall–Kier alpha value is -3.62. The molecule has 0 saturated carbocycles. The first-order valence-corrected chi connectivity index (χ1v) is 10.1. The first-order valence-electron chi connectivity index (χ1n) is 10.1. The van der Waals surface area contributed by atoms with Crippen molar-refractivity contribution in [3.05, 3.63) is 61.6 Å². The third kappa shape index (κ3) is 2.99.